The zero-order valence-corrected chi connectivity index (χ0v) is 11.8. The smallest absolute Gasteiger partial charge is 0.338 e. The summed E-state index contributed by atoms with van der Waals surface area (Å²) >= 11 is 0. The topological polar surface area (TPSA) is 68.0 Å². The Morgan fingerprint density at radius 2 is 1.95 bits per heavy atom. The lowest BCUT2D eigenvalue weighted by Crippen LogP contribution is -2.23. The van der Waals surface area contributed by atoms with Crippen LogP contribution in [0.3, 0.4) is 0 Å². The molecule has 0 radical (unpaired) electrons. The normalized spacial score (nSPS) is 26.8. The summed E-state index contributed by atoms with van der Waals surface area (Å²) in [4.78, 5) is 11.2. The number of aromatic carboxylic acids is 1. The summed E-state index contributed by atoms with van der Waals surface area (Å²) in [6.45, 7) is 4.54. The number of carboxylic acids is 1. The molecule has 5 nitrogen and oxygen atoms in total. The minimum Gasteiger partial charge on any atom is -0.478 e. The predicted molar refractivity (Wildman–Crippen MR) is 75.7 cm³/mol. The number of fused-ring (bicyclic) bond motifs is 1. The van der Waals surface area contributed by atoms with Gasteiger partial charge in [0, 0.05) is 0 Å². The molecule has 1 N–H and O–H groups in total. The molecular formula is C15H19N3O2. The first-order valence-electron chi connectivity index (χ1n) is 7.13. The van der Waals surface area contributed by atoms with Crippen LogP contribution >= 0.6 is 0 Å². The Bertz CT molecular complexity index is 640. The molecule has 1 heterocycles. The van der Waals surface area contributed by atoms with E-state index in [4.69, 9.17) is 0 Å². The maximum atomic E-state index is 11.2. The molecule has 0 aliphatic heterocycles. The number of hydrogen-bond acceptors (Lipinski definition) is 3. The minimum atomic E-state index is -0.951. The van der Waals surface area contributed by atoms with Gasteiger partial charge in [-0.15, -0.1) is 5.10 Å². The third kappa shape index (κ3) is 2.17. The molecule has 1 aromatic heterocycles. The quantitative estimate of drug-likeness (QED) is 0.912. The first-order chi connectivity index (χ1) is 9.56. The third-order valence-electron chi connectivity index (χ3n) is 4.23. The molecule has 20 heavy (non-hydrogen) atoms. The minimum absolute atomic E-state index is 0.227. The Morgan fingerprint density at radius 1 is 1.25 bits per heavy atom. The zero-order chi connectivity index (χ0) is 14.3. The summed E-state index contributed by atoms with van der Waals surface area (Å²) in [7, 11) is 0. The molecule has 1 fully saturated rings. The van der Waals surface area contributed by atoms with Crippen molar-refractivity contribution in [1.82, 2.24) is 15.0 Å². The summed E-state index contributed by atoms with van der Waals surface area (Å²) in [5.41, 5.74) is 1.55. The molecule has 0 spiro atoms. The average Bonchev–Trinajstić information content (AvgIpc) is 2.80. The van der Waals surface area contributed by atoms with Crippen molar-refractivity contribution in [2.24, 2.45) is 11.8 Å². The number of hydrogen-bond donors (Lipinski definition) is 1. The second kappa shape index (κ2) is 4.89. The highest BCUT2D eigenvalue weighted by atomic mass is 16.4. The molecule has 1 aromatic carbocycles. The number of carbonyl (C=O) groups is 1. The summed E-state index contributed by atoms with van der Waals surface area (Å²) < 4.78 is 1.92. The summed E-state index contributed by atoms with van der Waals surface area (Å²) in [6.07, 6.45) is 3.42. The second-order valence-electron chi connectivity index (χ2n) is 6.08. The van der Waals surface area contributed by atoms with Crippen LogP contribution in [0.5, 0.6) is 0 Å². The van der Waals surface area contributed by atoms with Crippen molar-refractivity contribution in [2.75, 3.05) is 0 Å². The maximum Gasteiger partial charge on any atom is 0.338 e. The maximum absolute atomic E-state index is 11.2. The van der Waals surface area contributed by atoms with E-state index in [-0.39, 0.29) is 5.56 Å². The first kappa shape index (κ1) is 13.1. The van der Waals surface area contributed by atoms with Gasteiger partial charge >= 0.3 is 5.97 Å². The van der Waals surface area contributed by atoms with Crippen LogP contribution in [0.2, 0.25) is 0 Å². The first-order valence-corrected chi connectivity index (χ1v) is 7.13. The monoisotopic (exact) mass is 273 g/mol. The molecule has 1 aliphatic carbocycles. The molecule has 1 aliphatic rings. The molecule has 0 bridgehead atoms. The molecule has 0 saturated heterocycles. The third-order valence-corrected chi connectivity index (χ3v) is 4.23. The van der Waals surface area contributed by atoms with Crippen molar-refractivity contribution in [2.45, 2.75) is 39.2 Å². The Hall–Kier alpha value is -1.91. The van der Waals surface area contributed by atoms with Gasteiger partial charge in [0.15, 0.2) is 0 Å². The zero-order valence-electron chi connectivity index (χ0n) is 11.8. The Morgan fingerprint density at radius 3 is 2.60 bits per heavy atom. The number of nitrogens with zero attached hydrogens (tertiary/aromatic N) is 3. The van der Waals surface area contributed by atoms with Crippen molar-refractivity contribution < 1.29 is 9.90 Å². The molecule has 5 heteroatoms. The van der Waals surface area contributed by atoms with Gasteiger partial charge in [-0.25, -0.2) is 9.48 Å². The van der Waals surface area contributed by atoms with Gasteiger partial charge in [0.1, 0.15) is 5.52 Å². The van der Waals surface area contributed by atoms with Crippen molar-refractivity contribution in [3.8, 4) is 0 Å². The number of rotatable bonds is 2. The predicted octanol–water partition coefficient (Wildman–Crippen LogP) is 3.13. The standard InChI is InChI=1S/C15H19N3O2/c1-9-6-10(2)8-11(7-9)18-13-5-3-4-12(15(19)20)14(13)16-17-18/h3-5,9-11H,6-8H2,1-2H3,(H,19,20). The highest BCUT2D eigenvalue weighted by molar-refractivity contribution is 6.00. The van der Waals surface area contributed by atoms with Crippen LogP contribution in [0.25, 0.3) is 11.0 Å². The van der Waals surface area contributed by atoms with Crippen molar-refractivity contribution in [3.05, 3.63) is 23.8 Å². The van der Waals surface area contributed by atoms with Crippen LogP contribution in [0.4, 0.5) is 0 Å². The number of aromatic nitrogens is 3. The lowest BCUT2D eigenvalue weighted by Gasteiger charge is -2.31. The van der Waals surface area contributed by atoms with Gasteiger partial charge in [0.05, 0.1) is 17.1 Å². The molecular weight excluding hydrogens is 254 g/mol. The van der Waals surface area contributed by atoms with Gasteiger partial charge < -0.3 is 5.11 Å². The van der Waals surface area contributed by atoms with Crippen LogP contribution < -0.4 is 0 Å². The van der Waals surface area contributed by atoms with Crippen LogP contribution in [0.1, 0.15) is 49.5 Å². The largest absolute Gasteiger partial charge is 0.478 e. The fourth-order valence-electron chi connectivity index (χ4n) is 3.51. The van der Waals surface area contributed by atoms with Crippen LogP contribution in [-0.2, 0) is 0 Å². The van der Waals surface area contributed by atoms with Gasteiger partial charge in [-0.05, 0) is 43.2 Å². The lowest BCUT2D eigenvalue weighted by atomic mass is 9.80. The average molecular weight is 273 g/mol. The molecule has 0 amide bonds. The summed E-state index contributed by atoms with van der Waals surface area (Å²) in [6, 6.07) is 5.57. The molecule has 2 aromatic rings. The van der Waals surface area contributed by atoms with Crippen molar-refractivity contribution in [1.29, 1.82) is 0 Å². The van der Waals surface area contributed by atoms with E-state index in [0.717, 1.165) is 18.4 Å². The second-order valence-corrected chi connectivity index (χ2v) is 6.08. The molecule has 3 rings (SSSR count). The van der Waals surface area contributed by atoms with Gasteiger partial charge in [-0.2, -0.15) is 0 Å². The van der Waals surface area contributed by atoms with E-state index in [1.54, 1.807) is 12.1 Å². The van der Waals surface area contributed by atoms with E-state index in [1.165, 1.54) is 6.42 Å². The summed E-state index contributed by atoms with van der Waals surface area (Å²) in [5, 5.41) is 17.5. The van der Waals surface area contributed by atoms with E-state index in [2.05, 4.69) is 24.2 Å². The molecule has 1 saturated carbocycles. The highest BCUT2D eigenvalue weighted by Crippen LogP contribution is 2.36. The SMILES string of the molecule is CC1CC(C)CC(n2nnc3c(C(=O)O)cccc32)C1. The highest BCUT2D eigenvalue weighted by Gasteiger charge is 2.27. The van der Waals surface area contributed by atoms with Crippen LogP contribution in [0.15, 0.2) is 18.2 Å². The van der Waals surface area contributed by atoms with E-state index < -0.39 is 5.97 Å². The molecule has 2 atom stereocenters. The summed E-state index contributed by atoms with van der Waals surface area (Å²) in [5.74, 6) is 0.393. The Balaban J connectivity index is 2.04. The Kier molecular flexibility index (Phi) is 3.20. The fraction of sp³-hybridized carbons (Fsp3) is 0.533. The van der Waals surface area contributed by atoms with Gasteiger partial charge in [-0.1, -0.05) is 25.1 Å². The molecule has 2 unspecified atom stereocenters. The van der Waals surface area contributed by atoms with Crippen LogP contribution in [0, 0.1) is 11.8 Å². The lowest BCUT2D eigenvalue weighted by molar-refractivity contribution is 0.0699. The molecule has 106 valence electrons. The van der Waals surface area contributed by atoms with E-state index in [1.807, 2.05) is 10.7 Å². The fourth-order valence-corrected chi connectivity index (χ4v) is 3.51. The number of carboxylic acid groups (broad SMARTS) is 1. The van der Waals surface area contributed by atoms with Gasteiger partial charge in [0.2, 0.25) is 0 Å². The van der Waals surface area contributed by atoms with Gasteiger partial charge in [-0.3, -0.25) is 0 Å². The van der Waals surface area contributed by atoms with Gasteiger partial charge in [0.25, 0.3) is 0 Å². The van der Waals surface area contributed by atoms with Crippen molar-refractivity contribution >= 4 is 17.0 Å². The van der Waals surface area contributed by atoms with E-state index >= 15 is 0 Å². The number of benzene rings is 1. The Labute approximate surface area is 117 Å². The van der Waals surface area contributed by atoms with Crippen LogP contribution in [-0.4, -0.2) is 26.1 Å². The van der Waals surface area contributed by atoms with Crippen molar-refractivity contribution in [3.63, 3.8) is 0 Å². The van der Waals surface area contributed by atoms with E-state index in [9.17, 15) is 9.90 Å². The van der Waals surface area contributed by atoms with E-state index in [0.29, 0.717) is 23.4 Å².